The van der Waals surface area contributed by atoms with Crippen LogP contribution >= 0.6 is 11.3 Å². The molecule has 0 saturated heterocycles. The Hall–Kier alpha value is -0.980. The highest BCUT2D eigenvalue weighted by Gasteiger charge is 2.16. The maximum absolute atomic E-state index is 12.1. The Morgan fingerprint density at radius 2 is 2.41 bits per heavy atom. The average Bonchev–Trinajstić information content (AvgIpc) is 2.79. The number of thiazole rings is 1. The van der Waals surface area contributed by atoms with Crippen LogP contribution in [0.3, 0.4) is 0 Å². The van der Waals surface area contributed by atoms with E-state index in [4.69, 9.17) is 10.5 Å². The summed E-state index contributed by atoms with van der Waals surface area (Å²) in [4.78, 5) is 18.1. The van der Waals surface area contributed by atoms with E-state index in [-0.39, 0.29) is 5.91 Å². The van der Waals surface area contributed by atoms with Crippen molar-refractivity contribution in [2.45, 2.75) is 13.3 Å². The molecule has 1 amide bonds. The molecule has 0 aliphatic heterocycles. The normalized spacial score (nSPS) is 10.5. The summed E-state index contributed by atoms with van der Waals surface area (Å²) in [6.45, 7) is 4.30. The van der Waals surface area contributed by atoms with Crippen LogP contribution in [-0.4, -0.2) is 49.1 Å². The van der Waals surface area contributed by atoms with Gasteiger partial charge in [-0.1, -0.05) is 0 Å². The van der Waals surface area contributed by atoms with Gasteiger partial charge in [0, 0.05) is 32.0 Å². The van der Waals surface area contributed by atoms with Crippen molar-refractivity contribution in [1.29, 1.82) is 0 Å². The molecular weight excluding hydrogens is 238 g/mol. The number of aromatic nitrogens is 1. The van der Waals surface area contributed by atoms with Gasteiger partial charge in [0.1, 0.15) is 5.69 Å². The lowest BCUT2D eigenvalue weighted by Crippen LogP contribution is -2.33. The van der Waals surface area contributed by atoms with Gasteiger partial charge in [-0.3, -0.25) is 4.79 Å². The highest BCUT2D eigenvalue weighted by molar-refractivity contribution is 7.09. The molecular formula is C11H19N3O2S. The molecule has 0 bridgehead atoms. The van der Waals surface area contributed by atoms with Gasteiger partial charge in [-0.25, -0.2) is 4.98 Å². The molecule has 1 heterocycles. The molecule has 0 aromatic carbocycles. The second kappa shape index (κ2) is 7.37. The summed E-state index contributed by atoms with van der Waals surface area (Å²) in [7, 11) is 1.63. The van der Waals surface area contributed by atoms with Gasteiger partial charge in [-0.05, 0) is 13.5 Å². The van der Waals surface area contributed by atoms with Crippen LogP contribution in [0.2, 0.25) is 0 Å². The van der Waals surface area contributed by atoms with Crippen LogP contribution in [0.1, 0.15) is 22.4 Å². The minimum absolute atomic E-state index is 0.0379. The molecule has 1 aromatic heterocycles. The van der Waals surface area contributed by atoms with E-state index < -0.39 is 0 Å². The maximum atomic E-state index is 12.1. The first-order valence-corrected chi connectivity index (χ1v) is 6.53. The number of amides is 1. The Bertz CT molecular complexity index is 354. The van der Waals surface area contributed by atoms with E-state index in [2.05, 4.69) is 4.98 Å². The molecule has 6 heteroatoms. The van der Waals surface area contributed by atoms with Gasteiger partial charge in [0.15, 0.2) is 0 Å². The number of carbonyl (C=O) groups excluding carboxylic acids is 1. The summed E-state index contributed by atoms with van der Waals surface area (Å²) < 4.78 is 4.98. The summed E-state index contributed by atoms with van der Waals surface area (Å²) in [5.41, 5.74) is 5.96. The molecule has 0 unspecified atom stereocenters. The zero-order valence-electron chi connectivity index (χ0n) is 10.3. The molecule has 0 saturated carbocycles. The lowest BCUT2D eigenvalue weighted by molar-refractivity contribution is 0.0701. The van der Waals surface area contributed by atoms with E-state index >= 15 is 0 Å². The van der Waals surface area contributed by atoms with E-state index in [0.717, 1.165) is 11.4 Å². The van der Waals surface area contributed by atoms with Gasteiger partial charge in [0.25, 0.3) is 5.91 Å². The summed E-state index contributed by atoms with van der Waals surface area (Å²) in [5.74, 6) is -0.0379. The predicted octanol–water partition coefficient (Wildman–Crippen LogP) is 0.753. The first kappa shape index (κ1) is 14.1. The Morgan fingerprint density at radius 1 is 1.65 bits per heavy atom. The summed E-state index contributed by atoms with van der Waals surface area (Å²) >= 11 is 1.48. The quantitative estimate of drug-likeness (QED) is 0.782. The number of hydrogen-bond donors (Lipinski definition) is 1. The van der Waals surface area contributed by atoms with Crippen molar-refractivity contribution in [2.24, 2.45) is 5.73 Å². The van der Waals surface area contributed by atoms with Crippen LogP contribution in [0.15, 0.2) is 5.38 Å². The van der Waals surface area contributed by atoms with Crippen LogP contribution < -0.4 is 5.73 Å². The molecule has 0 aliphatic rings. The van der Waals surface area contributed by atoms with Crippen LogP contribution in [0.4, 0.5) is 0 Å². The van der Waals surface area contributed by atoms with Crippen LogP contribution in [-0.2, 0) is 11.2 Å². The minimum Gasteiger partial charge on any atom is -0.383 e. The number of hydrogen-bond acceptors (Lipinski definition) is 5. The Kier molecular flexibility index (Phi) is 6.10. The molecule has 0 aliphatic carbocycles. The van der Waals surface area contributed by atoms with E-state index in [1.54, 1.807) is 17.4 Å². The van der Waals surface area contributed by atoms with Crippen molar-refractivity contribution < 1.29 is 9.53 Å². The molecule has 1 aromatic rings. The van der Waals surface area contributed by atoms with Crippen LogP contribution in [0.25, 0.3) is 0 Å². The Labute approximate surface area is 106 Å². The molecule has 0 atom stereocenters. The van der Waals surface area contributed by atoms with Crippen molar-refractivity contribution in [3.8, 4) is 0 Å². The standard InChI is InChI=1S/C11H19N3O2S/c1-3-14(6-7-16-2)11(15)9-8-17-10(13-9)4-5-12/h8H,3-7,12H2,1-2H3. The van der Waals surface area contributed by atoms with Gasteiger partial charge in [-0.2, -0.15) is 0 Å². The van der Waals surface area contributed by atoms with E-state index in [1.807, 2.05) is 6.92 Å². The van der Waals surface area contributed by atoms with E-state index in [1.165, 1.54) is 11.3 Å². The Balaban J connectivity index is 2.65. The zero-order valence-corrected chi connectivity index (χ0v) is 11.1. The SMILES string of the molecule is CCN(CCOC)C(=O)c1csc(CCN)n1. The lowest BCUT2D eigenvalue weighted by atomic mass is 10.3. The maximum Gasteiger partial charge on any atom is 0.273 e. The molecule has 0 radical (unpaired) electrons. The summed E-state index contributed by atoms with van der Waals surface area (Å²) in [6, 6.07) is 0. The van der Waals surface area contributed by atoms with E-state index in [9.17, 15) is 4.79 Å². The van der Waals surface area contributed by atoms with Crippen LogP contribution in [0.5, 0.6) is 0 Å². The number of nitrogens with two attached hydrogens (primary N) is 1. The second-order valence-corrected chi connectivity index (χ2v) is 4.49. The third-order valence-corrected chi connectivity index (χ3v) is 3.27. The fourth-order valence-electron chi connectivity index (χ4n) is 1.41. The molecule has 96 valence electrons. The number of nitrogens with zero attached hydrogens (tertiary/aromatic N) is 2. The highest BCUT2D eigenvalue weighted by atomic mass is 32.1. The highest BCUT2D eigenvalue weighted by Crippen LogP contribution is 2.12. The predicted molar refractivity (Wildman–Crippen MR) is 68.3 cm³/mol. The van der Waals surface area contributed by atoms with Crippen molar-refractivity contribution in [3.63, 3.8) is 0 Å². The number of rotatable bonds is 7. The van der Waals surface area contributed by atoms with Crippen LogP contribution in [0, 0.1) is 0 Å². The number of likely N-dealkylation sites (N-methyl/N-ethyl adjacent to an activating group) is 1. The van der Waals surface area contributed by atoms with Gasteiger partial charge >= 0.3 is 0 Å². The Morgan fingerprint density at radius 3 is 3.00 bits per heavy atom. The molecule has 1 rings (SSSR count). The first-order chi connectivity index (χ1) is 8.22. The van der Waals surface area contributed by atoms with Crippen molar-refractivity contribution in [2.75, 3.05) is 33.4 Å². The third kappa shape index (κ3) is 4.07. The van der Waals surface area contributed by atoms with Gasteiger partial charge in [0.05, 0.1) is 11.6 Å². The molecule has 2 N–H and O–H groups in total. The average molecular weight is 257 g/mol. The summed E-state index contributed by atoms with van der Waals surface area (Å²) in [5, 5.41) is 2.71. The van der Waals surface area contributed by atoms with Gasteiger partial charge in [-0.15, -0.1) is 11.3 Å². The third-order valence-electron chi connectivity index (χ3n) is 2.36. The largest absolute Gasteiger partial charge is 0.383 e. The zero-order chi connectivity index (χ0) is 12.7. The fraction of sp³-hybridized carbons (Fsp3) is 0.636. The monoisotopic (exact) mass is 257 g/mol. The number of ether oxygens (including phenoxy) is 1. The number of carbonyl (C=O) groups is 1. The van der Waals surface area contributed by atoms with E-state index in [0.29, 0.717) is 31.9 Å². The molecule has 0 fully saturated rings. The van der Waals surface area contributed by atoms with Crippen molar-refractivity contribution in [1.82, 2.24) is 9.88 Å². The first-order valence-electron chi connectivity index (χ1n) is 5.65. The molecule has 0 spiro atoms. The smallest absolute Gasteiger partial charge is 0.273 e. The fourth-order valence-corrected chi connectivity index (χ4v) is 2.20. The topological polar surface area (TPSA) is 68.5 Å². The van der Waals surface area contributed by atoms with Crippen molar-refractivity contribution >= 4 is 17.2 Å². The van der Waals surface area contributed by atoms with Crippen molar-refractivity contribution in [3.05, 3.63) is 16.1 Å². The second-order valence-electron chi connectivity index (χ2n) is 3.54. The lowest BCUT2D eigenvalue weighted by Gasteiger charge is -2.19. The molecule has 5 nitrogen and oxygen atoms in total. The number of methoxy groups -OCH3 is 1. The summed E-state index contributed by atoms with van der Waals surface area (Å²) in [6.07, 6.45) is 0.724. The van der Waals surface area contributed by atoms with Gasteiger partial charge in [0.2, 0.25) is 0 Å². The minimum atomic E-state index is -0.0379. The molecule has 17 heavy (non-hydrogen) atoms. The van der Waals surface area contributed by atoms with Gasteiger partial charge < -0.3 is 15.4 Å².